The maximum Gasteiger partial charge on any atom is 0.306 e. The minimum Gasteiger partial charge on any atom is -0.497 e. The van der Waals surface area contributed by atoms with Gasteiger partial charge in [0.25, 0.3) is 0 Å². The van der Waals surface area contributed by atoms with E-state index in [1.807, 2.05) is 48.5 Å². The number of carboxylic acids is 1. The molecule has 0 aliphatic rings. The highest BCUT2D eigenvalue weighted by molar-refractivity contribution is 5.70. The summed E-state index contributed by atoms with van der Waals surface area (Å²) in [6, 6.07) is 15.6. The van der Waals surface area contributed by atoms with Crippen LogP contribution in [0.3, 0.4) is 0 Å². The van der Waals surface area contributed by atoms with E-state index in [0.717, 1.165) is 35.5 Å². The third kappa shape index (κ3) is 5.30. The number of methoxy groups -OCH3 is 2. The minimum atomic E-state index is -0.725. The normalized spacial score (nSPS) is 10.6. The zero-order valence-electron chi connectivity index (χ0n) is 14.2. The van der Waals surface area contributed by atoms with E-state index in [2.05, 4.69) is 0 Å². The van der Waals surface area contributed by atoms with Gasteiger partial charge in [-0.1, -0.05) is 24.3 Å². The van der Waals surface area contributed by atoms with E-state index in [9.17, 15) is 9.90 Å². The highest BCUT2D eigenvalue weighted by atomic mass is 16.5. The van der Waals surface area contributed by atoms with E-state index in [-0.39, 0.29) is 5.92 Å². The van der Waals surface area contributed by atoms with E-state index in [4.69, 9.17) is 9.47 Å². The number of carboxylic acid groups (broad SMARTS) is 1. The molecular formula is C20H24O4. The molecule has 24 heavy (non-hydrogen) atoms. The molecule has 2 aromatic carbocycles. The monoisotopic (exact) mass is 328 g/mol. The van der Waals surface area contributed by atoms with Gasteiger partial charge in [0.1, 0.15) is 11.5 Å². The number of hydrogen-bond acceptors (Lipinski definition) is 3. The molecule has 0 atom stereocenters. The summed E-state index contributed by atoms with van der Waals surface area (Å²) in [4.78, 5) is 11.5. The lowest BCUT2D eigenvalue weighted by atomic mass is 9.93. The maximum atomic E-state index is 11.5. The van der Waals surface area contributed by atoms with Crippen LogP contribution in [0.5, 0.6) is 11.5 Å². The van der Waals surface area contributed by atoms with Crippen molar-refractivity contribution in [1.29, 1.82) is 0 Å². The number of rotatable bonds is 9. The van der Waals surface area contributed by atoms with Gasteiger partial charge < -0.3 is 14.6 Å². The molecule has 128 valence electrons. The number of hydrogen-bond donors (Lipinski definition) is 1. The highest BCUT2D eigenvalue weighted by Gasteiger charge is 2.17. The Hall–Kier alpha value is -2.49. The van der Waals surface area contributed by atoms with Crippen molar-refractivity contribution in [3.63, 3.8) is 0 Å². The standard InChI is InChI=1S/C20H24O4/c1-23-18-11-5-15(6-12-18)3-9-17(20(21)22)10-4-16-7-13-19(24-2)14-8-16/h5-8,11-14,17H,3-4,9-10H2,1-2H3,(H,21,22). The van der Waals surface area contributed by atoms with Crippen LogP contribution in [0.25, 0.3) is 0 Å². The van der Waals surface area contributed by atoms with Crippen LogP contribution in [0.15, 0.2) is 48.5 Å². The lowest BCUT2D eigenvalue weighted by Gasteiger charge is -2.13. The predicted octanol–water partition coefficient (Wildman–Crippen LogP) is 3.97. The van der Waals surface area contributed by atoms with Crippen LogP contribution in [-0.2, 0) is 17.6 Å². The first-order valence-corrected chi connectivity index (χ1v) is 8.11. The van der Waals surface area contributed by atoms with Crippen molar-refractivity contribution in [2.75, 3.05) is 14.2 Å². The van der Waals surface area contributed by atoms with Gasteiger partial charge in [-0.3, -0.25) is 4.79 Å². The molecule has 0 amide bonds. The molecule has 0 saturated heterocycles. The third-order valence-electron chi connectivity index (χ3n) is 4.23. The Kier molecular flexibility index (Phi) is 6.67. The van der Waals surface area contributed by atoms with Crippen LogP contribution in [0.2, 0.25) is 0 Å². The van der Waals surface area contributed by atoms with E-state index in [1.54, 1.807) is 14.2 Å². The van der Waals surface area contributed by atoms with Crippen LogP contribution >= 0.6 is 0 Å². The van der Waals surface area contributed by atoms with Gasteiger partial charge in [-0.05, 0) is 61.1 Å². The molecule has 0 unspecified atom stereocenters. The molecule has 2 rings (SSSR count). The predicted molar refractivity (Wildman–Crippen MR) is 93.8 cm³/mol. The van der Waals surface area contributed by atoms with Crippen molar-refractivity contribution in [2.45, 2.75) is 25.7 Å². The average molecular weight is 328 g/mol. The Morgan fingerprint density at radius 2 is 1.21 bits per heavy atom. The second-order valence-corrected chi connectivity index (χ2v) is 5.81. The summed E-state index contributed by atoms with van der Waals surface area (Å²) in [5, 5.41) is 9.45. The fourth-order valence-electron chi connectivity index (χ4n) is 2.66. The second kappa shape index (κ2) is 8.96. The lowest BCUT2D eigenvalue weighted by molar-refractivity contribution is -0.142. The van der Waals surface area contributed by atoms with Crippen LogP contribution in [0.4, 0.5) is 0 Å². The highest BCUT2D eigenvalue weighted by Crippen LogP contribution is 2.20. The van der Waals surface area contributed by atoms with Crippen molar-refractivity contribution in [2.24, 2.45) is 5.92 Å². The van der Waals surface area contributed by atoms with Crippen LogP contribution in [0.1, 0.15) is 24.0 Å². The molecule has 4 nitrogen and oxygen atoms in total. The molecule has 0 aromatic heterocycles. The molecule has 0 spiro atoms. The van der Waals surface area contributed by atoms with Gasteiger partial charge in [0, 0.05) is 0 Å². The molecule has 0 bridgehead atoms. The first-order valence-electron chi connectivity index (χ1n) is 8.11. The Morgan fingerprint density at radius 3 is 1.50 bits per heavy atom. The molecule has 0 aliphatic heterocycles. The van der Waals surface area contributed by atoms with Gasteiger partial charge in [-0.25, -0.2) is 0 Å². The zero-order chi connectivity index (χ0) is 17.4. The molecule has 1 N–H and O–H groups in total. The van der Waals surface area contributed by atoms with Crippen molar-refractivity contribution in [3.05, 3.63) is 59.7 Å². The number of aryl methyl sites for hydroxylation is 2. The van der Waals surface area contributed by atoms with Crippen molar-refractivity contribution < 1.29 is 19.4 Å². The summed E-state index contributed by atoms with van der Waals surface area (Å²) in [5.41, 5.74) is 2.26. The molecule has 0 fully saturated rings. The first kappa shape index (κ1) is 17.9. The topological polar surface area (TPSA) is 55.8 Å². The lowest BCUT2D eigenvalue weighted by Crippen LogP contribution is -2.15. The summed E-state index contributed by atoms with van der Waals surface area (Å²) in [5.74, 6) is 0.562. The smallest absolute Gasteiger partial charge is 0.306 e. The SMILES string of the molecule is COc1ccc(CCC(CCc2ccc(OC)cc2)C(=O)O)cc1. The van der Waals surface area contributed by atoms with E-state index >= 15 is 0 Å². The Morgan fingerprint density at radius 1 is 0.833 bits per heavy atom. The summed E-state index contributed by atoms with van der Waals surface area (Å²) in [7, 11) is 3.27. The van der Waals surface area contributed by atoms with Gasteiger partial charge in [-0.15, -0.1) is 0 Å². The quantitative estimate of drug-likeness (QED) is 0.757. The number of ether oxygens (including phenoxy) is 2. The Bertz CT molecular complexity index is 580. The van der Waals surface area contributed by atoms with Crippen LogP contribution in [0, 0.1) is 5.92 Å². The number of benzene rings is 2. The van der Waals surface area contributed by atoms with E-state index in [1.165, 1.54) is 0 Å². The fraction of sp³-hybridized carbons (Fsp3) is 0.350. The first-order chi connectivity index (χ1) is 11.6. The van der Waals surface area contributed by atoms with Gasteiger partial charge in [0.05, 0.1) is 20.1 Å². The molecule has 0 radical (unpaired) electrons. The van der Waals surface area contributed by atoms with E-state index < -0.39 is 5.97 Å². The number of carbonyl (C=O) groups is 1. The summed E-state index contributed by atoms with van der Waals surface area (Å²) in [6.45, 7) is 0. The van der Waals surface area contributed by atoms with Crippen LogP contribution in [-0.4, -0.2) is 25.3 Å². The van der Waals surface area contributed by atoms with Crippen molar-refractivity contribution >= 4 is 5.97 Å². The Balaban J connectivity index is 1.87. The third-order valence-corrected chi connectivity index (χ3v) is 4.23. The van der Waals surface area contributed by atoms with Crippen LogP contribution < -0.4 is 9.47 Å². The summed E-state index contributed by atoms with van der Waals surface area (Å²) in [6.07, 6.45) is 2.78. The zero-order valence-corrected chi connectivity index (χ0v) is 14.2. The number of aliphatic carboxylic acids is 1. The Labute approximate surface area is 143 Å². The summed E-state index contributed by atoms with van der Waals surface area (Å²) >= 11 is 0. The molecule has 4 heteroatoms. The summed E-state index contributed by atoms with van der Waals surface area (Å²) < 4.78 is 10.3. The van der Waals surface area contributed by atoms with Gasteiger partial charge >= 0.3 is 5.97 Å². The fourth-order valence-corrected chi connectivity index (χ4v) is 2.66. The molecule has 0 heterocycles. The molecule has 0 saturated carbocycles. The average Bonchev–Trinajstić information content (AvgIpc) is 2.62. The minimum absolute atomic E-state index is 0.339. The van der Waals surface area contributed by atoms with Gasteiger partial charge in [0.15, 0.2) is 0 Å². The largest absolute Gasteiger partial charge is 0.497 e. The molecule has 2 aromatic rings. The maximum absolute atomic E-state index is 11.5. The second-order valence-electron chi connectivity index (χ2n) is 5.81. The molecule has 0 aliphatic carbocycles. The molecular weight excluding hydrogens is 304 g/mol. The van der Waals surface area contributed by atoms with E-state index in [0.29, 0.717) is 12.8 Å². The van der Waals surface area contributed by atoms with Gasteiger partial charge in [-0.2, -0.15) is 0 Å². The van der Waals surface area contributed by atoms with Crippen molar-refractivity contribution in [1.82, 2.24) is 0 Å². The van der Waals surface area contributed by atoms with Gasteiger partial charge in [0.2, 0.25) is 0 Å². The van der Waals surface area contributed by atoms with Crippen molar-refractivity contribution in [3.8, 4) is 11.5 Å².